The molecule has 0 aliphatic rings. The van der Waals surface area contributed by atoms with Crippen LogP contribution in [0.2, 0.25) is 10.0 Å². The number of carbonyl (C=O) groups excluding carboxylic acids is 2. The van der Waals surface area contributed by atoms with Crippen molar-refractivity contribution < 1.29 is 9.59 Å². The van der Waals surface area contributed by atoms with Gasteiger partial charge >= 0.3 is 0 Å². The average molecular weight is 349 g/mol. The minimum absolute atomic E-state index is 0.134. The van der Waals surface area contributed by atoms with E-state index in [0.29, 0.717) is 15.7 Å². The smallest absolute Gasteiger partial charge is 0.272 e. The van der Waals surface area contributed by atoms with E-state index in [0.717, 1.165) is 5.56 Å². The number of amides is 2. The van der Waals surface area contributed by atoms with Gasteiger partial charge in [0, 0.05) is 12.6 Å². The summed E-state index contributed by atoms with van der Waals surface area (Å²) in [7, 11) is 0. The molecule has 0 aliphatic carbocycles. The molecule has 0 bridgehead atoms. The molecule has 23 heavy (non-hydrogen) atoms. The Balaban J connectivity index is 2.24. The van der Waals surface area contributed by atoms with Crippen LogP contribution in [0, 0.1) is 0 Å². The summed E-state index contributed by atoms with van der Waals surface area (Å²) < 4.78 is 0. The number of anilines is 1. The zero-order valence-corrected chi connectivity index (χ0v) is 13.8. The zero-order chi connectivity index (χ0) is 16.8. The van der Waals surface area contributed by atoms with Crippen LogP contribution >= 0.6 is 23.2 Å². The van der Waals surface area contributed by atoms with Gasteiger partial charge in [-0.15, -0.1) is 0 Å². The van der Waals surface area contributed by atoms with E-state index in [2.05, 4.69) is 10.6 Å². The number of nitrogens with one attached hydrogen (secondary N) is 2. The van der Waals surface area contributed by atoms with Crippen molar-refractivity contribution in [2.75, 3.05) is 5.32 Å². The van der Waals surface area contributed by atoms with Gasteiger partial charge in [0.15, 0.2) is 0 Å². The lowest BCUT2D eigenvalue weighted by molar-refractivity contribution is -0.120. The summed E-state index contributed by atoms with van der Waals surface area (Å²) in [5.74, 6) is -0.793. The van der Waals surface area contributed by atoms with E-state index < -0.39 is 5.91 Å². The summed E-state index contributed by atoms with van der Waals surface area (Å²) in [6.45, 7) is 1.34. The molecule has 0 spiro atoms. The fourth-order valence-electron chi connectivity index (χ4n) is 1.84. The molecule has 0 saturated heterocycles. The first kappa shape index (κ1) is 17.1. The zero-order valence-electron chi connectivity index (χ0n) is 12.3. The van der Waals surface area contributed by atoms with E-state index in [9.17, 15) is 9.59 Å². The Hall–Kier alpha value is -2.30. The molecule has 0 heterocycles. The Morgan fingerprint density at radius 3 is 2.30 bits per heavy atom. The van der Waals surface area contributed by atoms with Crippen molar-refractivity contribution in [2.24, 2.45) is 0 Å². The van der Waals surface area contributed by atoms with Crippen molar-refractivity contribution in [3.8, 4) is 0 Å². The fraction of sp³-hybridized carbons (Fsp3) is 0.0588. The molecule has 0 aliphatic heterocycles. The molecule has 0 radical (unpaired) electrons. The molecule has 0 fully saturated rings. The maximum absolute atomic E-state index is 12.4. The third-order valence-corrected chi connectivity index (χ3v) is 3.58. The van der Waals surface area contributed by atoms with Gasteiger partial charge < -0.3 is 10.6 Å². The van der Waals surface area contributed by atoms with Crippen LogP contribution in [-0.4, -0.2) is 11.8 Å². The molecular weight excluding hydrogens is 335 g/mol. The first-order valence-corrected chi connectivity index (χ1v) is 7.52. The Bertz CT molecular complexity index is 758. The van der Waals surface area contributed by atoms with Crippen LogP contribution in [-0.2, 0) is 9.59 Å². The van der Waals surface area contributed by atoms with Crippen LogP contribution in [0.4, 0.5) is 5.69 Å². The lowest BCUT2D eigenvalue weighted by Crippen LogP contribution is -2.28. The summed E-state index contributed by atoms with van der Waals surface area (Å²) in [4.78, 5) is 23.7. The van der Waals surface area contributed by atoms with E-state index >= 15 is 0 Å². The number of hydrogen-bond donors (Lipinski definition) is 2. The van der Waals surface area contributed by atoms with Gasteiger partial charge in [0.25, 0.3) is 5.91 Å². The summed E-state index contributed by atoms with van der Waals surface area (Å²) in [6.07, 6.45) is 1.59. The van der Waals surface area contributed by atoms with E-state index in [1.54, 1.807) is 18.2 Å². The highest BCUT2D eigenvalue weighted by Gasteiger charge is 2.12. The molecule has 2 N–H and O–H groups in total. The molecular formula is C17H14Cl2N2O2. The van der Waals surface area contributed by atoms with Crippen LogP contribution in [0.25, 0.3) is 6.08 Å². The Morgan fingerprint density at radius 1 is 1.00 bits per heavy atom. The van der Waals surface area contributed by atoms with Crippen molar-refractivity contribution in [1.29, 1.82) is 0 Å². The topological polar surface area (TPSA) is 58.2 Å². The largest absolute Gasteiger partial charge is 0.322 e. The maximum Gasteiger partial charge on any atom is 0.272 e. The van der Waals surface area contributed by atoms with E-state index in [1.807, 2.05) is 30.3 Å². The summed E-state index contributed by atoms with van der Waals surface area (Å²) >= 11 is 11.8. The fourth-order valence-corrected chi connectivity index (χ4v) is 2.13. The predicted octanol–water partition coefficient (Wildman–Crippen LogP) is 4.11. The Morgan fingerprint density at radius 2 is 1.70 bits per heavy atom. The van der Waals surface area contributed by atoms with Crippen LogP contribution in [0.1, 0.15) is 12.5 Å². The van der Waals surface area contributed by atoms with Crippen molar-refractivity contribution >= 4 is 46.8 Å². The first-order valence-electron chi connectivity index (χ1n) is 6.76. The third-order valence-electron chi connectivity index (χ3n) is 2.84. The van der Waals surface area contributed by atoms with Crippen LogP contribution in [0.3, 0.4) is 0 Å². The predicted molar refractivity (Wildman–Crippen MR) is 93.3 cm³/mol. The molecule has 0 saturated carbocycles. The molecule has 2 aromatic carbocycles. The maximum atomic E-state index is 12.4. The normalized spacial score (nSPS) is 11.0. The van der Waals surface area contributed by atoms with Crippen molar-refractivity contribution in [1.82, 2.24) is 5.32 Å². The monoisotopic (exact) mass is 348 g/mol. The number of rotatable bonds is 4. The Labute approximate surface area is 144 Å². The van der Waals surface area contributed by atoms with Gasteiger partial charge in [0.05, 0.1) is 10.0 Å². The number of carbonyl (C=O) groups is 2. The second-order valence-corrected chi connectivity index (χ2v) is 5.55. The van der Waals surface area contributed by atoms with Crippen LogP contribution in [0.15, 0.2) is 54.2 Å². The number of hydrogen-bond acceptors (Lipinski definition) is 2. The Kier molecular flexibility index (Phi) is 5.79. The van der Waals surface area contributed by atoms with Gasteiger partial charge in [-0.3, -0.25) is 9.59 Å². The lowest BCUT2D eigenvalue weighted by atomic mass is 10.2. The molecule has 118 valence electrons. The molecule has 0 unspecified atom stereocenters. The highest BCUT2D eigenvalue weighted by atomic mass is 35.5. The highest BCUT2D eigenvalue weighted by molar-refractivity contribution is 6.42. The summed E-state index contributed by atoms with van der Waals surface area (Å²) in [5, 5.41) is 5.92. The number of benzene rings is 2. The third kappa shape index (κ3) is 5.13. The SMILES string of the molecule is CC(=O)NC(=Cc1ccccc1)C(=O)Nc1ccc(Cl)c(Cl)c1. The lowest BCUT2D eigenvalue weighted by Gasteiger charge is -2.10. The summed E-state index contributed by atoms with van der Waals surface area (Å²) in [6, 6.07) is 13.9. The molecule has 0 aromatic heterocycles. The molecule has 4 nitrogen and oxygen atoms in total. The van der Waals surface area contributed by atoms with Crippen molar-refractivity contribution in [2.45, 2.75) is 6.92 Å². The van der Waals surface area contributed by atoms with Gasteiger partial charge in [0.1, 0.15) is 5.70 Å². The molecule has 2 rings (SSSR count). The highest BCUT2D eigenvalue weighted by Crippen LogP contribution is 2.25. The minimum Gasteiger partial charge on any atom is -0.322 e. The number of halogens is 2. The summed E-state index contributed by atoms with van der Waals surface area (Å²) in [5.41, 5.74) is 1.41. The van der Waals surface area contributed by atoms with Crippen LogP contribution < -0.4 is 10.6 Å². The van der Waals surface area contributed by atoms with Crippen molar-refractivity contribution in [3.05, 3.63) is 69.8 Å². The molecule has 2 aromatic rings. The van der Waals surface area contributed by atoms with Gasteiger partial charge in [-0.1, -0.05) is 53.5 Å². The second kappa shape index (κ2) is 7.81. The molecule has 2 amide bonds. The van der Waals surface area contributed by atoms with Crippen molar-refractivity contribution in [3.63, 3.8) is 0 Å². The average Bonchev–Trinajstić information content (AvgIpc) is 2.51. The second-order valence-electron chi connectivity index (χ2n) is 4.73. The molecule has 6 heteroatoms. The van der Waals surface area contributed by atoms with Gasteiger partial charge in [-0.2, -0.15) is 0 Å². The van der Waals surface area contributed by atoms with Crippen LogP contribution in [0.5, 0.6) is 0 Å². The van der Waals surface area contributed by atoms with Gasteiger partial charge in [-0.05, 0) is 29.8 Å². The molecule has 0 atom stereocenters. The van der Waals surface area contributed by atoms with Gasteiger partial charge in [0.2, 0.25) is 5.91 Å². The van der Waals surface area contributed by atoms with Gasteiger partial charge in [-0.25, -0.2) is 0 Å². The standard InChI is InChI=1S/C17H14Cl2N2O2/c1-11(22)20-16(9-12-5-3-2-4-6-12)17(23)21-13-7-8-14(18)15(19)10-13/h2-10H,1H3,(H,20,22)(H,21,23). The van der Waals surface area contributed by atoms with E-state index in [1.165, 1.54) is 13.0 Å². The van der Waals surface area contributed by atoms with E-state index in [-0.39, 0.29) is 11.6 Å². The first-order chi connectivity index (χ1) is 11.0. The van der Waals surface area contributed by atoms with E-state index in [4.69, 9.17) is 23.2 Å². The quantitative estimate of drug-likeness (QED) is 0.816. The minimum atomic E-state index is -0.456.